The Morgan fingerprint density at radius 1 is 1.07 bits per heavy atom. The summed E-state index contributed by atoms with van der Waals surface area (Å²) in [6.45, 7) is 7.96. The van der Waals surface area contributed by atoms with Crippen molar-refractivity contribution in [1.82, 2.24) is 5.32 Å². The fourth-order valence-corrected chi connectivity index (χ4v) is 4.89. The Labute approximate surface area is 163 Å². The molecule has 2 heterocycles. The second-order valence-electron chi connectivity index (χ2n) is 8.70. The van der Waals surface area contributed by atoms with Crippen LogP contribution in [-0.4, -0.2) is 51.8 Å². The van der Waals surface area contributed by atoms with Crippen molar-refractivity contribution in [3.8, 4) is 5.75 Å². The molecule has 1 saturated carbocycles. The smallest absolute Gasteiger partial charge is 0.275 e. The summed E-state index contributed by atoms with van der Waals surface area (Å²) in [7, 11) is 0. The molecule has 1 saturated heterocycles. The van der Waals surface area contributed by atoms with E-state index < -0.39 is 0 Å². The summed E-state index contributed by atoms with van der Waals surface area (Å²) < 4.78 is 5.60. The number of nitrogens with one attached hydrogen (secondary N) is 3. The minimum atomic E-state index is 0.248. The first-order valence-electron chi connectivity index (χ1n) is 10.9. The summed E-state index contributed by atoms with van der Waals surface area (Å²) in [6.07, 6.45) is 7.70. The zero-order valence-electron chi connectivity index (χ0n) is 16.5. The van der Waals surface area contributed by atoms with Gasteiger partial charge in [0.2, 0.25) is 0 Å². The van der Waals surface area contributed by atoms with Crippen molar-refractivity contribution in [1.29, 1.82) is 0 Å². The van der Waals surface area contributed by atoms with Crippen LogP contribution in [0, 0.1) is 5.92 Å². The van der Waals surface area contributed by atoms with Gasteiger partial charge in [-0.1, -0.05) is 19.3 Å². The van der Waals surface area contributed by atoms with E-state index in [1.165, 1.54) is 48.1 Å². The van der Waals surface area contributed by atoms with E-state index in [9.17, 15) is 4.79 Å². The maximum atomic E-state index is 12.3. The SMILES string of the molecule is O=C(C[NH+]1CC[NH+](Cc2ccc3c(c2)CCO3)CC1)NCC1CCCCC1. The molecule has 0 radical (unpaired) electrons. The van der Waals surface area contributed by atoms with Gasteiger partial charge in [-0.15, -0.1) is 0 Å². The van der Waals surface area contributed by atoms with Crippen molar-refractivity contribution in [3.63, 3.8) is 0 Å². The molecule has 0 unspecified atom stereocenters. The lowest BCUT2D eigenvalue weighted by atomic mass is 9.89. The lowest BCUT2D eigenvalue weighted by Crippen LogP contribution is -3.28. The molecule has 1 amide bonds. The van der Waals surface area contributed by atoms with Crippen LogP contribution in [0.25, 0.3) is 0 Å². The Bertz CT molecular complexity index is 634. The number of carbonyl (C=O) groups is 1. The Balaban J connectivity index is 1.16. The highest BCUT2D eigenvalue weighted by atomic mass is 16.5. The van der Waals surface area contributed by atoms with E-state index in [-0.39, 0.29) is 5.91 Å². The summed E-state index contributed by atoms with van der Waals surface area (Å²) >= 11 is 0. The van der Waals surface area contributed by atoms with E-state index in [1.807, 2.05) is 0 Å². The number of rotatable bonds is 6. The van der Waals surface area contributed by atoms with Crippen molar-refractivity contribution in [2.24, 2.45) is 5.92 Å². The summed E-state index contributed by atoms with van der Waals surface area (Å²) in [5, 5.41) is 3.20. The fraction of sp³-hybridized carbons (Fsp3) is 0.682. The van der Waals surface area contributed by atoms with E-state index in [0.29, 0.717) is 6.54 Å². The van der Waals surface area contributed by atoms with Crippen molar-refractivity contribution in [2.45, 2.75) is 45.1 Å². The Kier molecular flexibility index (Phi) is 6.30. The Hall–Kier alpha value is -1.59. The molecule has 148 valence electrons. The minimum absolute atomic E-state index is 0.248. The predicted octanol–water partition coefficient (Wildman–Crippen LogP) is -0.399. The van der Waals surface area contributed by atoms with Crippen LogP contribution >= 0.6 is 0 Å². The monoisotopic (exact) mass is 373 g/mol. The van der Waals surface area contributed by atoms with Gasteiger partial charge in [0.05, 0.1) is 6.61 Å². The number of hydrogen-bond acceptors (Lipinski definition) is 2. The topological polar surface area (TPSA) is 47.2 Å². The number of hydrogen-bond donors (Lipinski definition) is 3. The Morgan fingerprint density at radius 2 is 1.85 bits per heavy atom. The van der Waals surface area contributed by atoms with Gasteiger partial charge in [-0.25, -0.2) is 0 Å². The van der Waals surface area contributed by atoms with Crippen LogP contribution in [0.3, 0.4) is 0 Å². The number of quaternary nitrogens is 2. The second kappa shape index (κ2) is 9.07. The van der Waals surface area contributed by atoms with E-state index in [2.05, 4.69) is 23.5 Å². The molecule has 1 aromatic rings. The number of ether oxygens (including phenoxy) is 1. The van der Waals surface area contributed by atoms with Gasteiger partial charge in [-0.2, -0.15) is 0 Å². The van der Waals surface area contributed by atoms with E-state index in [4.69, 9.17) is 4.74 Å². The quantitative estimate of drug-likeness (QED) is 0.636. The van der Waals surface area contributed by atoms with Gasteiger partial charge in [0.25, 0.3) is 5.91 Å². The number of piperazine rings is 1. The van der Waals surface area contributed by atoms with Crippen molar-refractivity contribution >= 4 is 5.91 Å². The van der Waals surface area contributed by atoms with Gasteiger partial charge in [-0.05, 0) is 42.5 Å². The van der Waals surface area contributed by atoms with E-state index >= 15 is 0 Å². The van der Waals surface area contributed by atoms with Crippen LogP contribution in [0.1, 0.15) is 43.2 Å². The Morgan fingerprint density at radius 3 is 2.67 bits per heavy atom. The lowest BCUT2D eigenvalue weighted by Gasteiger charge is -2.29. The molecular formula is C22H35N3O2+2. The van der Waals surface area contributed by atoms with Gasteiger partial charge >= 0.3 is 0 Å². The molecule has 0 aromatic heterocycles. The molecule has 1 aromatic carbocycles. The van der Waals surface area contributed by atoms with Crippen molar-refractivity contribution in [2.75, 3.05) is 45.9 Å². The average Bonchev–Trinajstić information content (AvgIpc) is 3.17. The van der Waals surface area contributed by atoms with Crippen LogP contribution in [0.15, 0.2) is 18.2 Å². The minimum Gasteiger partial charge on any atom is -0.493 e. The molecule has 1 aliphatic carbocycles. The molecular weight excluding hydrogens is 338 g/mol. The molecule has 5 heteroatoms. The van der Waals surface area contributed by atoms with E-state index in [1.54, 1.807) is 4.90 Å². The first-order chi connectivity index (χ1) is 13.3. The summed E-state index contributed by atoms with van der Waals surface area (Å²) in [5.41, 5.74) is 2.79. The number of amides is 1. The predicted molar refractivity (Wildman–Crippen MR) is 105 cm³/mol. The lowest BCUT2D eigenvalue weighted by molar-refractivity contribution is -1.02. The highest BCUT2D eigenvalue weighted by Gasteiger charge is 2.25. The first kappa shape index (κ1) is 18.8. The van der Waals surface area contributed by atoms with Crippen molar-refractivity contribution < 1.29 is 19.3 Å². The van der Waals surface area contributed by atoms with Crippen molar-refractivity contribution in [3.05, 3.63) is 29.3 Å². The molecule has 2 aliphatic heterocycles. The molecule has 0 atom stereocenters. The zero-order chi connectivity index (χ0) is 18.5. The van der Waals surface area contributed by atoms with Crippen LogP contribution in [0.2, 0.25) is 0 Å². The number of carbonyl (C=O) groups excluding carboxylic acids is 1. The molecule has 3 aliphatic rings. The fourth-order valence-electron chi connectivity index (χ4n) is 4.89. The maximum Gasteiger partial charge on any atom is 0.275 e. The highest BCUT2D eigenvalue weighted by molar-refractivity contribution is 5.76. The van der Waals surface area contributed by atoms with Gasteiger partial charge in [0.15, 0.2) is 6.54 Å². The third-order valence-corrected chi connectivity index (χ3v) is 6.60. The molecule has 5 nitrogen and oxygen atoms in total. The molecule has 4 rings (SSSR count). The number of benzene rings is 1. The molecule has 0 spiro atoms. The van der Waals surface area contributed by atoms with Crippen LogP contribution in [-0.2, 0) is 17.8 Å². The van der Waals surface area contributed by atoms with Crippen LogP contribution in [0.5, 0.6) is 5.75 Å². The largest absolute Gasteiger partial charge is 0.493 e. The van der Waals surface area contributed by atoms with E-state index in [0.717, 1.165) is 64.0 Å². The van der Waals surface area contributed by atoms with Crippen LogP contribution < -0.4 is 19.9 Å². The zero-order valence-corrected chi connectivity index (χ0v) is 16.5. The highest BCUT2D eigenvalue weighted by Crippen LogP contribution is 2.25. The third kappa shape index (κ3) is 5.23. The van der Waals surface area contributed by atoms with Gasteiger partial charge < -0.3 is 19.9 Å². The molecule has 0 bridgehead atoms. The average molecular weight is 374 g/mol. The van der Waals surface area contributed by atoms with Gasteiger partial charge in [0.1, 0.15) is 38.5 Å². The van der Waals surface area contributed by atoms with Crippen LogP contribution in [0.4, 0.5) is 0 Å². The third-order valence-electron chi connectivity index (χ3n) is 6.60. The first-order valence-corrected chi connectivity index (χ1v) is 10.9. The second-order valence-corrected chi connectivity index (χ2v) is 8.70. The summed E-state index contributed by atoms with van der Waals surface area (Å²) in [5.74, 6) is 2.04. The molecule has 3 N–H and O–H groups in total. The molecule has 27 heavy (non-hydrogen) atoms. The summed E-state index contributed by atoms with van der Waals surface area (Å²) in [4.78, 5) is 15.4. The number of fused-ring (bicyclic) bond motifs is 1. The summed E-state index contributed by atoms with van der Waals surface area (Å²) in [6, 6.07) is 6.68. The van der Waals surface area contributed by atoms with Gasteiger partial charge in [-0.3, -0.25) is 4.79 Å². The van der Waals surface area contributed by atoms with Gasteiger partial charge in [0, 0.05) is 18.5 Å². The standard InChI is InChI=1S/C22H33N3O2/c26-22(23-15-18-4-2-1-3-5-18)17-25-11-9-24(10-12-25)16-19-6-7-21-20(14-19)8-13-27-21/h6-7,14,18H,1-5,8-13,15-17H2,(H,23,26)/p+2. The molecule has 2 fully saturated rings. The maximum absolute atomic E-state index is 12.3. The normalized spacial score (nSPS) is 25.6.